The molecule has 0 bridgehead atoms. The Morgan fingerprint density at radius 3 is 2.39 bits per heavy atom. The van der Waals surface area contributed by atoms with E-state index in [0.29, 0.717) is 32.1 Å². The zero-order valence-corrected chi connectivity index (χ0v) is 12.5. The molecule has 0 radical (unpaired) electrons. The average Bonchev–Trinajstić information content (AvgIpc) is 3.05. The zero-order chi connectivity index (χ0) is 16.4. The van der Waals surface area contributed by atoms with Crippen LogP contribution in [0.1, 0.15) is 0 Å². The van der Waals surface area contributed by atoms with Crippen LogP contribution in [-0.2, 0) is 4.79 Å². The van der Waals surface area contributed by atoms with E-state index in [1.807, 2.05) is 4.90 Å². The Bertz CT molecular complexity index is 545. The van der Waals surface area contributed by atoms with E-state index >= 15 is 0 Å². The van der Waals surface area contributed by atoms with Crippen molar-refractivity contribution in [1.82, 2.24) is 20.2 Å². The number of hydrogen-bond donors (Lipinski definition) is 1. The minimum absolute atomic E-state index is 0.0883. The summed E-state index contributed by atoms with van der Waals surface area (Å²) in [5.41, 5.74) is 0. The molecule has 2 saturated heterocycles. The summed E-state index contributed by atoms with van der Waals surface area (Å²) in [6.07, 6.45) is -1.07. The van der Waals surface area contributed by atoms with Crippen LogP contribution in [0, 0.1) is 11.8 Å². The minimum Gasteiger partial charge on any atom is -0.339 e. The SMILES string of the molecule is O=C([C@@H]1CNC[C@H]1C(F)(F)F)N1CCN(c2ncccn2)CC1. The number of halogens is 3. The third kappa shape index (κ3) is 3.39. The second-order valence-electron chi connectivity index (χ2n) is 5.77. The number of piperazine rings is 1. The van der Waals surface area contributed by atoms with Crippen LogP contribution in [0.4, 0.5) is 19.1 Å². The Balaban J connectivity index is 1.60. The fraction of sp³-hybridized carbons (Fsp3) is 0.643. The molecule has 2 fully saturated rings. The van der Waals surface area contributed by atoms with Crippen LogP contribution >= 0.6 is 0 Å². The minimum atomic E-state index is -4.34. The van der Waals surface area contributed by atoms with Crippen molar-refractivity contribution in [1.29, 1.82) is 0 Å². The molecular weight excluding hydrogens is 311 g/mol. The van der Waals surface area contributed by atoms with Crippen LogP contribution in [0.2, 0.25) is 0 Å². The number of carbonyl (C=O) groups is 1. The fourth-order valence-corrected chi connectivity index (χ4v) is 3.10. The molecule has 3 heterocycles. The predicted molar refractivity (Wildman–Crippen MR) is 76.7 cm³/mol. The van der Waals surface area contributed by atoms with Crippen molar-refractivity contribution in [2.75, 3.05) is 44.2 Å². The van der Waals surface area contributed by atoms with Gasteiger partial charge in [-0.05, 0) is 6.07 Å². The lowest BCUT2D eigenvalue weighted by molar-refractivity contribution is -0.185. The van der Waals surface area contributed by atoms with Gasteiger partial charge >= 0.3 is 6.18 Å². The van der Waals surface area contributed by atoms with Crippen molar-refractivity contribution in [3.63, 3.8) is 0 Å². The number of hydrogen-bond acceptors (Lipinski definition) is 5. The van der Waals surface area contributed by atoms with Crippen LogP contribution < -0.4 is 10.2 Å². The van der Waals surface area contributed by atoms with Gasteiger partial charge in [-0.1, -0.05) is 0 Å². The van der Waals surface area contributed by atoms with Gasteiger partial charge in [-0.15, -0.1) is 0 Å². The van der Waals surface area contributed by atoms with E-state index in [0.717, 1.165) is 0 Å². The van der Waals surface area contributed by atoms with Crippen LogP contribution in [0.15, 0.2) is 18.5 Å². The van der Waals surface area contributed by atoms with Gasteiger partial charge in [-0.3, -0.25) is 4.79 Å². The molecule has 1 amide bonds. The van der Waals surface area contributed by atoms with Gasteiger partial charge in [0.1, 0.15) is 0 Å². The van der Waals surface area contributed by atoms with Crippen molar-refractivity contribution in [2.45, 2.75) is 6.18 Å². The van der Waals surface area contributed by atoms with E-state index in [4.69, 9.17) is 0 Å². The second-order valence-corrected chi connectivity index (χ2v) is 5.77. The van der Waals surface area contributed by atoms with E-state index in [1.54, 1.807) is 18.5 Å². The van der Waals surface area contributed by atoms with Crippen molar-refractivity contribution < 1.29 is 18.0 Å². The Hall–Kier alpha value is -1.90. The molecule has 0 aliphatic carbocycles. The van der Waals surface area contributed by atoms with E-state index in [2.05, 4.69) is 15.3 Å². The number of alkyl halides is 3. The monoisotopic (exact) mass is 329 g/mol. The number of rotatable bonds is 2. The maximum absolute atomic E-state index is 13.0. The molecule has 126 valence electrons. The number of nitrogens with zero attached hydrogens (tertiary/aromatic N) is 4. The predicted octanol–water partition coefficient (Wildman–Crippen LogP) is 0.523. The molecule has 1 aromatic rings. The largest absolute Gasteiger partial charge is 0.393 e. The molecule has 0 spiro atoms. The van der Waals surface area contributed by atoms with Gasteiger partial charge in [0.25, 0.3) is 0 Å². The van der Waals surface area contributed by atoms with Crippen LogP contribution in [0.5, 0.6) is 0 Å². The standard InChI is InChI=1S/C14H18F3N5O/c15-14(16,17)11-9-18-8-10(11)12(23)21-4-6-22(7-5-21)13-19-2-1-3-20-13/h1-3,10-11,18H,4-9H2/t10-,11-/m1/s1. The Morgan fingerprint density at radius 2 is 1.78 bits per heavy atom. The van der Waals surface area contributed by atoms with Crippen molar-refractivity contribution in [3.05, 3.63) is 18.5 Å². The molecule has 9 heteroatoms. The van der Waals surface area contributed by atoms with Gasteiger partial charge in [-0.2, -0.15) is 13.2 Å². The highest BCUT2D eigenvalue weighted by Gasteiger charge is 2.50. The lowest BCUT2D eigenvalue weighted by Gasteiger charge is -2.36. The zero-order valence-electron chi connectivity index (χ0n) is 12.5. The highest BCUT2D eigenvalue weighted by Crippen LogP contribution is 2.35. The first-order valence-electron chi connectivity index (χ1n) is 7.55. The third-order valence-corrected chi connectivity index (χ3v) is 4.38. The molecule has 2 atom stereocenters. The molecule has 1 N–H and O–H groups in total. The van der Waals surface area contributed by atoms with Gasteiger partial charge in [0.05, 0.1) is 11.8 Å². The topological polar surface area (TPSA) is 61.4 Å². The highest BCUT2D eigenvalue weighted by atomic mass is 19.4. The summed E-state index contributed by atoms with van der Waals surface area (Å²) < 4.78 is 39.0. The van der Waals surface area contributed by atoms with Crippen molar-refractivity contribution in [3.8, 4) is 0 Å². The molecule has 6 nitrogen and oxygen atoms in total. The summed E-state index contributed by atoms with van der Waals surface area (Å²) in [7, 11) is 0. The summed E-state index contributed by atoms with van der Waals surface area (Å²) in [5, 5.41) is 2.69. The Labute approximate surface area is 131 Å². The number of nitrogens with one attached hydrogen (secondary N) is 1. The average molecular weight is 329 g/mol. The first kappa shape index (κ1) is 16.0. The number of anilines is 1. The fourth-order valence-electron chi connectivity index (χ4n) is 3.10. The van der Waals surface area contributed by atoms with E-state index in [-0.39, 0.29) is 13.1 Å². The first-order valence-corrected chi connectivity index (χ1v) is 7.55. The van der Waals surface area contributed by atoms with Gasteiger partial charge in [0, 0.05) is 51.7 Å². The summed E-state index contributed by atoms with van der Waals surface area (Å²) in [5.74, 6) is -2.44. The molecule has 2 aliphatic rings. The van der Waals surface area contributed by atoms with E-state index < -0.39 is 23.9 Å². The van der Waals surface area contributed by atoms with E-state index in [9.17, 15) is 18.0 Å². The molecule has 0 unspecified atom stereocenters. The first-order chi connectivity index (χ1) is 11.0. The van der Waals surface area contributed by atoms with Gasteiger partial charge in [-0.25, -0.2) is 9.97 Å². The van der Waals surface area contributed by atoms with Crippen molar-refractivity contribution >= 4 is 11.9 Å². The summed E-state index contributed by atoms with van der Waals surface area (Å²) in [6, 6.07) is 1.72. The molecule has 23 heavy (non-hydrogen) atoms. The quantitative estimate of drug-likeness (QED) is 0.857. The lowest BCUT2D eigenvalue weighted by atomic mass is 9.94. The summed E-state index contributed by atoms with van der Waals surface area (Å²) >= 11 is 0. The highest BCUT2D eigenvalue weighted by molar-refractivity contribution is 5.80. The second kappa shape index (κ2) is 6.31. The van der Waals surface area contributed by atoms with Crippen molar-refractivity contribution in [2.24, 2.45) is 11.8 Å². The molecule has 3 rings (SSSR count). The van der Waals surface area contributed by atoms with Gasteiger partial charge < -0.3 is 15.1 Å². The van der Waals surface area contributed by atoms with Gasteiger partial charge in [0.2, 0.25) is 11.9 Å². The number of amides is 1. The number of aromatic nitrogens is 2. The summed E-state index contributed by atoms with van der Waals surface area (Å²) in [6.45, 7) is 1.72. The van der Waals surface area contributed by atoms with Crippen LogP contribution in [0.25, 0.3) is 0 Å². The molecule has 1 aromatic heterocycles. The Morgan fingerprint density at radius 1 is 1.13 bits per heavy atom. The lowest BCUT2D eigenvalue weighted by Crippen LogP contribution is -2.52. The molecule has 2 aliphatic heterocycles. The molecular formula is C14H18F3N5O. The van der Waals surface area contributed by atoms with Crippen LogP contribution in [0.3, 0.4) is 0 Å². The van der Waals surface area contributed by atoms with Gasteiger partial charge in [0.15, 0.2) is 0 Å². The maximum Gasteiger partial charge on any atom is 0.393 e. The number of carbonyl (C=O) groups excluding carboxylic acids is 1. The molecule has 0 aromatic carbocycles. The van der Waals surface area contributed by atoms with Crippen LogP contribution in [-0.4, -0.2) is 66.2 Å². The maximum atomic E-state index is 13.0. The normalized spacial score (nSPS) is 25.7. The smallest absolute Gasteiger partial charge is 0.339 e. The van der Waals surface area contributed by atoms with E-state index in [1.165, 1.54) is 4.90 Å². The molecule has 0 saturated carbocycles. The Kier molecular flexibility index (Phi) is 4.38. The summed E-state index contributed by atoms with van der Waals surface area (Å²) in [4.78, 5) is 24.2. The third-order valence-electron chi connectivity index (χ3n) is 4.38.